The molecule has 0 amide bonds. The summed E-state index contributed by atoms with van der Waals surface area (Å²) in [6.45, 7) is 2.11. The molecule has 4 aromatic carbocycles. The van der Waals surface area contributed by atoms with Crippen molar-refractivity contribution in [2.45, 2.75) is 13.1 Å². The maximum atomic E-state index is 13.1. The molecule has 0 saturated carbocycles. The molecule has 0 atom stereocenters. The van der Waals surface area contributed by atoms with Crippen LogP contribution in [0, 0.1) is 6.92 Å². The van der Waals surface area contributed by atoms with E-state index in [9.17, 15) is 13.2 Å². The Morgan fingerprint density at radius 3 is 1.72 bits per heavy atom. The number of hydrogen-bond acceptors (Lipinski definition) is 2. The highest BCUT2D eigenvalue weighted by atomic mass is 32.1. The highest BCUT2D eigenvalue weighted by molar-refractivity contribution is 7.19. The number of thiophene rings is 2. The van der Waals surface area contributed by atoms with Crippen LogP contribution in [-0.4, -0.2) is 0 Å². The Kier molecular flexibility index (Phi) is 3.40. The number of alkyl halides is 3. The summed E-state index contributed by atoms with van der Waals surface area (Å²) in [5.41, 5.74) is 0. The zero-order valence-corrected chi connectivity index (χ0v) is 16.9. The third-order valence-electron chi connectivity index (χ3n) is 5.51. The first-order valence-corrected chi connectivity index (χ1v) is 10.8. The first kappa shape index (κ1) is 17.2. The van der Waals surface area contributed by atoms with Crippen LogP contribution < -0.4 is 0 Å². The summed E-state index contributed by atoms with van der Waals surface area (Å²) in [4.78, 5) is 0.735. The van der Waals surface area contributed by atoms with E-state index in [0.29, 0.717) is 10.1 Å². The Bertz CT molecular complexity index is 1600. The van der Waals surface area contributed by atoms with Gasteiger partial charge in [0.2, 0.25) is 0 Å². The van der Waals surface area contributed by atoms with E-state index >= 15 is 0 Å². The van der Waals surface area contributed by atoms with E-state index in [0.717, 1.165) is 32.9 Å². The molecule has 0 saturated heterocycles. The third kappa shape index (κ3) is 2.57. The van der Waals surface area contributed by atoms with Crippen LogP contribution in [-0.2, 0) is 6.18 Å². The van der Waals surface area contributed by atoms with Gasteiger partial charge in [-0.1, -0.05) is 24.3 Å². The van der Waals surface area contributed by atoms with Crippen molar-refractivity contribution in [3.8, 4) is 0 Å². The van der Waals surface area contributed by atoms with Gasteiger partial charge < -0.3 is 0 Å². The summed E-state index contributed by atoms with van der Waals surface area (Å²) in [6, 6.07) is 20.0. The zero-order valence-electron chi connectivity index (χ0n) is 15.2. The minimum Gasteiger partial charge on any atom is -0.165 e. The van der Waals surface area contributed by atoms with E-state index < -0.39 is 11.1 Å². The topological polar surface area (TPSA) is 0 Å². The van der Waals surface area contributed by atoms with Gasteiger partial charge in [-0.2, -0.15) is 13.2 Å². The van der Waals surface area contributed by atoms with Crippen LogP contribution >= 0.6 is 22.7 Å². The van der Waals surface area contributed by atoms with Crippen molar-refractivity contribution in [1.82, 2.24) is 0 Å². The molecule has 0 bridgehead atoms. The molecule has 6 aromatic rings. The summed E-state index contributed by atoms with van der Waals surface area (Å²) in [6.07, 6.45) is -4.31. The standard InChI is InChI=1S/C24H13F3S2/c1-12-6-15-7-13-2-4-18-17(19(13)10-21(15)28-12)5-3-14-8-16-9-23(24(25,26)27)29-22(16)11-20(14)18/h2-11H,1H3. The maximum Gasteiger partial charge on any atom is 0.425 e. The van der Waals surface area contributed by atoms with Gasteiger partial charge in [-0.15, -0.1) is 22.7 Å². The number of fused-ring (bicyclic) bond motifs is 7. The second kappa shape index (κ2) is 5.71. The van der Waals surface area contributed by atoms with Gasteiger partial charge in [0.1, 0.15) is 4.88 Å². The van der Waals surface area contributed by atoms with E-state index in [1.807, 2.05) is 18.2 Å². The lowest BCUT2D eigenvalue weighted by atomic mass is 9.96. The second-order valence-electron chi connectivity index (χ2n) is 7.41. The highest BCUT2D eigenvalue weighted by Crippen LogP contribution is 2.41. The smallest absolute Gasteiger partial charge is 0.165 e. The lowest BCUT2D eigenvalue weighted by Gasteiger charge is -2.08. The third-order valence-corrected chi connectivity index (χ3v) is 7.67. The Morgan fingerprint density at radius 2 is 1.14 bits per heavy atom. The van der Waals surface area contributed by atoms with Gasteiger partial charge in [-0.3, -0.25) is 0 Å². The predicted octanol–water partition coefficient (Wildman–Crippen LogP) is 8.90. The minimum atomic E-state index is -4.31. The van der Waals surface area contributed by atoms with Crippen molar-refractivity contribution in [2.24, 2.45) is 0 Å². The van der Waals surface area contributed by atoms with Crippen molar-refractivity contribution in [2.75, 3.05) is 0 Å². The molecule has 0 aliphatic rings. The second-order valence-corrected chi connectivity index (χ2v) is 9.79. The molecule has 0 fully saturated rings. The fourth-order valence-electron chi connectivity index (χ4n) is 4.22. The van der Waals surface area contributed by atoms with Crippen molar-refractivity contribution in [1.29, 1.82) is 0 Å². The van der Waals surface area contributed by atoms with E-state index in [2.05, 4.69) is 43.3 Å². The molecule has 5 heteroatoms. The first-order valence-electron chi connectivity index (χ1n) is 9.17. The normalized spacial score (nSPS) is 12.8. The average molecular weight is 422 g/mol. The van der Waals surface area contributed by atoms with Crippen LogP contribution in [0.15, 0.2) is 60.7 Å². The van der Waals surface area contributed by atoms with Crippen molar-refractivity contribution < 1.29 is 13.2 Å². The number of aryl methyl sites for hydroxylation is 1. The number of hydrogen-bond donors (Lipinski definition) is 0. The van der Waals surface area contributed by atoms with Gasteiger partial charge in [0.15, 0.2) is 0 Å². The highest BCUT2D eigenvalue weighted by Gasteiger charge is 2.32. The molecule has 2 heterocycles. The molecule has 142 valence electrons. The van der Waals surface area contributed by atoms with E-state index in [1.165, 1.54) is 31.8 Å². The minimum absolute atomic E-state index is 0.548. The molecular formula is C24H13F3S2. The van der Waals surface area contributed by atoms with Gasteiger partial charge in [0.05, 0.1) is 0 Å². The van der Waals surface area contributed by atoms with Crippen LogP contribution in [0.4, 0.5) is 13.2 Å². The van der Waals surface area contributed by atoms with Crippen LogP contribution in [0.2, 0.25) is 0 Å². The Labute approximate surface area is 171 Å². The molecule has 0 nitrogen and oxygen atoms in total. The molecule has 0 radical (unpaired) electrons. The van der Waals surface area contributed by atoms with Crippen LogP contribution in [0.1, 0.15) is 9.75 Å². The van der Waals surface area contributed by atoms with Crippen molar-refractivity contribution >= 4 is 75.2 Å². The predicted molar refractivity (Wildman–Crippen MR) is 119 cm³/mol. The van der Waals surface area contributed by atoms with E-state index in [4.69, 9.17) is 0 Å². The van der Waals surface area contributed by atoms with Gasteiger partial charge in [-0.05, 0) is 86.4 Å². The van der Waals surface area contributed by atoms with Gasteiger partial charge in [0.25, 0.3) is 0 Å². The van der Waals surface area contributed by atoms with Crippen molar-refractivity contribution in [3.05, 3.63) is 70.4 Å². The molecule has 0 N–H and O–H groups in total. The number of rotatable bonds is 0. The lowest BCUT2D eigenvalue weighted by Crippen LogP contribution is -2.00. The molecular weight excluding hydrogens is 409 g/mol. The van der Waals surface area contributed by atoms with Gasteiger partial charge in [0, 0.05) is 14.3 Å². The Balaban J connectivity index is 1.70. The van der Waals surface area contributed by atoms with Crippen LogP contribution in [0.25, 0.3) is 52.5 Å². The quantitative estimate of drug-likeness (QED) is 0.214. The molecule has 29 heavy (non-hydrogen) atoms. The molecule has 2 aromatic heterocycles. The number of halogens is 3. The first-order chi connectivity index (χ1) is 13.9. The van der Waals surface area contributed by atoms with Crippen molar-refractivity contribution in [3.63, 3.8) is 0 Å². The van der Waals surface area contributed by atoms with Crippen LogP contribution in [0.3, 0.4) is 0 Å². The average Bonchev–Trinajstić information content (AvgIpc) is 3.25. The fourth-order valence-corrected chi connectivity index (χ4v) is 6.12. The van der Waals surface area contributed by atoms with E-state index in [1.54, 1.807) is 11.3 Å². The Morgan fingerprint density at radius 1 is 0.586 bits per heavy atom. The maximum absolute atomic E-state index is 13.1. The van der Waals surface area contributed by atoms with Crippen LogP contribution in [0.5, 0.6) is 0 Å². The summed E-state index contributed by atoms with van der Waals surface area (Å²) in [5, 5.41) is 8.42. The number of benzene rings is 4. The molecule has 0 aliphatic heterocycles. The summed E-state index contributed by atoms with van der Waals surface area (Å²) in [7, 11) is 0. The van der Waals surface area contributed by atoms with Gasteiger partial charge >= 0.3 is 6.18 Å². The summed E-state index contributed by atoms with van der Waals surface area (Å²) >= 11 is 2.59. The summed E-state index contributed by atoms with van der Waals surface area (Å²) in [5.74, 6) is 0. The Hall–Kier alpha value is -2.63. The molecule has 0 spiro atoms. The van der Waals surface area contributed by atoms with Gasteiger partial charge in [-0.25, -0.2) is 0 Å². The fraction of sp³-hybridized carbons (Fsp3) is 0.0833. The largest absolute Gasteiger partial charge is 0.425 e. The monoisotopic (exact) mass is 422 g/mol. The summed E-state index contributed by atoms with van der Waals surface area (Å²) < 4.78 is 41.4. The SMILES string of the molecule is Cc1cc2cc3ccc4c5cc6sc(C(F)(F)F)cc6cc5ccc4c3cc2s1. The molecule has 6 rings (SSSR count). The lowest BCUT2D eigenvalue weighted by molar-refractivity contribution is -0.134. The molecule has 0 unspecified atom stereocenters. The van der Waals surface area contributed by atoms with E-state index in [-0.39, 0.29) is 0 Å². The zero-order chi connectivity index (χ0) is 19.9. The molecule has 0 aliphatic carbocycles.